The van der Waals surface area contributed by atoms with Crippen molar-refractivity contribution in [2.75, 3.05) is 13.2 Å². The number of esters is 3. The predicted octanol–water partition coefficient (Wildman–Crippen LogP) is 18.9. The van der Waals surface area contributed by atoms with Gasteiger partial charge in [-0.3, -0.25) is 14.4 Å². The minimum Gasteiger partial charge on any atom is -0.462 e. The molecule has 0 aliphatic rings. The van der Waals surface area contributed by atoms with Gasteiger partial charge in [0.15, 0.2) is 6.10 Å². The summed E-state index contributed by atoms with van der Waals surface area (Å²) >= 11 is 0. The SMILES string of the molecule is CCC/C=C\CCCCCCCC(=O)OCC(COC(=O)CCCCCCCCCCCCCCCCCCCCCCCCC)OC(=O)CCCCCCCCCCCCCCC. The first-order valence-corrected chi connectivity index (χ1v) is 28.7. The minimum absolute atomic E-state index is 0.0669. The van der Waals surface area contributed by atoms with Crippen LogP contribution in [0.4, 0.5) is 0 Å². The maximum absolute atomic E-state index is 12.8. The van der Waals surface area contributed by atoms with Gasteiger partial charge >= 0.3 is 17.9 Å². The largest absolute Gasteiger partial charge is 0.462 e. The fourth-order valence-electron chi connectivity index (χ4n) is 8.68. The molecule has 0 N–H and O–H groups in total. The van der Waals surface area contributed by atoms with E-state index < -0.39 is 6.10 Å². The van der Waals surface area contributed by atoms with Crippen molar-refractivity contribution in [2.24, 2.45) is 0 Å². The van der Waals surface area contributed by atoms with Crippen LogP contribution in [-0.4, -0.2) is 37.2 Å². The molecule has 6 nitrogen and oxygen atoms in total. The average molecular weight is 904 g/mol. The molecule has 0 aromatic carbocycles. The fourth-order valence-corrected chi connectivity index (χ4v) is 8.68. The summed E-state index contributed by atoms with van der Waals surface area (Å²) in [5.74, 6) is -0.857. The van der Waals surface area contributed by atoms with E-state index in [1.165, 1.54) is 212 Å². The first-order chi connectivity index (χ1) is 31.5. The number of carbonyl (C=O) groups excluding carboxylic acids is 3. The van der Waals surface area contributed by atoms with Gasteiger partial charge in [0.2, 0.25) is 0 Å². The lowest BCUT2D eigenvalue weighted by Gasteiger charge is -2.18. The molecule has 1 atom stereocenters. The molecule has 1 unspecified atom stereocenters. The number of allylic oxidation sites excluding steroid dienone is 2. The van der Waals surface area contributed by atoms with Crippen molar-refractivity contribution in [1.82, 2.24) is 0 Å². The molecule has 0 aliphatic carbocycles. The third kappa shape index (κ3) is 51.1. The Balaban J connectivity index is 4.16. The van der Waals surface area contributed by atoms with Gasteiger partial charge in [-0.15, -0.1) is 0 Å². The van der Waals surface area contributed by atoms with Crippen molar-refractivity contribution in [3.05, 3.63) is 12.2 Å². The summed E-state index contributed by atoms with van der Waals surface area (Å²) in [4.78, 5) is 38.0. The zero-order valence-corrected chi connectivity index (χ0v) is 43.3. The monoisotopic (exact) mass is 903 g/mol. The summed E-state index contributed by atoms with van der Waals surface area (Å²) in [6.45, 7) is 6.62. The van der Waals surface area contributed by atoms with Crippen LogP contribution >= 0.6 is 0 Å². The smallest absolute Gasteiger partial charge is 0.306 e. The lowest BCUT2D eigenvalue weighted by Crippen LogP contribution is -2.30. The highest BCUT2D eigenvalue weighted by Gasteiger charge is 2.19. The topological polar surface area (TPSA) is 78.9 Å². The average Bonchev–Trinajstić information content (AvgIpc) is 3.29. The Morgan fingerprint density at radius 1 is 0.297 bits per heavy atom. The molecule has 0 bridgehead atoms. The Morgan fingerprint density at radius 3 is 0.844 bits per heavy atom. The number of carbonyl (C=O) groups is 3. The van der Waals surface area contributed by atoms with Crippen LogP contribution in [0.2, 0.25) is 0 Å². The molecule has 0 aromatic rings. The van der Waals surface area contributed by atoms with Crippen LogP contribution in [-0.2, 0) is 28.6 Å². The van der Waals surface area contributed by atoms with Crippen LogP contribution in [0, 0.1) is 0 Å². The molecular weight excluding hydrogens is 793 g/mol. The Hall–Kier alpha value is -1.85. The quantitative estimate of drug-likeness (QED) is 0.0262. The van der Waals surface area contributed by atoms with E-state index in [4.69, 9.17) is 14.2 Å². The third-order valence-corrected chi connectivity index (χ3v) is 13.0. The maximum atomic E-state index is 12.8. The Kier molecular flexibility index (Phi) is 52.2. The van der Waals surface area contributed by atoms with E-state index in [2.05, 4.69) is 32.9 Å². The van der Waals surface area contributed by atoms with Gasteiger partial charge in [0.25, 0.3) is 0 Å². The van der Waals surface area contributed by atoms with Crippen molar-refractivity contribution in [2.45, 2.75) is 329 Å². The second kappa shape index (κ2) is 53.8. The highest BCUT2D eigenvalue weighted by molar-refractivity contribution is 5.71. The number of hydrogen-bond acceptors (Lipinski definition) is 6. The molecule has 64 heavy (non-hydrogen) atoms. The van der Waals surface area contributed by atoms with E-state index in [1.54, 1.807) is 0 Å². The van der Waals surface area contributed by atoms with Gasteiger partial charge in [-0.1, -0.05) is 277 Å². The van der Waals surface area contributed by atoms with Crippen LogP contribution < -0.4 is 0 Å². The molecule has 378 valence electrons. The van der Waals surface area contributed by atoms with Crippen LogP contribution in [0.1, 0.15) is 323 Å². The van der Waals surface area contributed by atoms with Gasteiger partial charge < -0.3 is 14.2 Å². The number of rotatable bonds is 53. The van der Waals surface area contributed by atoms with E-state index in [0.29, 0.717) is 19.3 Å². The van der Waals surface area contributed by atoms with Crippen molar-refractivity contribution in [3.63, 3.8) is 0 Å². The summed E-state index contributed by atoms with van der Waals surface area (Å²) in [7, 11) is 0. The van der Waals surface area contributed by atoms with E-state index in [-0.39, 0.29) is 31.1 Å². The molecule has 0 radical (unpaired) electrons. The molecular formula is C58H110O6. The van der Waals surface area contributed by atoms with E-state index >= 15 is 0 Å². The highest BCUT2D eigenvalue weighted by Crippen LogP contribution is 2.17. The number of unbranched alkanes of at least 4 members (excludes halogenated alkanes) is 40. The summed E-state index contributed by atoms with van der Waals surface area (Å²) < 4.78 is 16.8. The zero-order chi connectivity index (χ0) is 46.5. The summed E-state index contributed by atoms with van der Waals surface area (Å²) in [6.07, 6.45) is 60.8. The molecule has 0 amide bonds. The fraction of sp³-hybridized carbons (Fsp3) is 0.914. The molecule has 0 heterocycles. The van der Waals surface area contributed by atoms with E-state index in [0.717, 1.165) is 70.6 Å². The maximum Gasteiger partial charge on any atom is 0.306 e. The van der Waals surface area contributed by atoms with Crippen molar-refractivity contribution in [1.29, 1.82) is 0 Å². The number of hydrogen-bond donors (Lipinski definition) is 0. The molecule has 0 fully saturated rings. The molecule has 0 saturated heterocycles. The minimum atomic E-state index is -0.766. The standard InChI is InChI=1S/C58H110O6/c1-4-7-10-13-16-19-22-24-25-26-27-28-29-30-31-32-33-35-36-39-42-45-48-51-57(60)63-54-55(53-62-56(59)50-47-44-41-38-21-18-15-12-9-6-3)64-58(61)52-49-46-43-40-37-34-23-20-17-14-11-8-5-2/h12,15,55H,4-11,13-14,16-54H2,1-3H3/b15-12-. The third-order valence-electron chi connectivity index (χ3n) is 13.0. The van der Waals surface area contributed by atoms with Gasteiger partial charge in [0, 0.05) is 19.3 Å². The molecule has 0 rings (SSSR count). The van der Waals surface area contributed by atoms with Gasteiger partial charge in [-0.05, 0) is 38.5 Å². The van der Waals surface area contributed by atoms with Gasteiger partial charge in [-0.2, -0.15) is 0 Å². The first kappa shape index (κ1) is 62.1. The zero-order valence-electron chi connectivity index (χ0n) is 43.3. The molecule has 0 spiro atoms. The lowest BCUT2D eigenvalue weighted by atomic mass is 10.0. The van der Waals surface area contributed by atoms with Crippen molar-refractivity contribution >= 4 is 17.9 Å². The van der Waals surface area contributed by atoms with E-state index in [1.807, 2.05) is 0 Å². The van der Waals surface area contributed by atoms with Crippen molar-refractivity contribution in [3.8, 4) is 0 Å². The highest BCUT2D eigenvalue weighted by atomic mass is 16.6. The normalized spacial score (nSPS) is 12.0. The number of ether oxygens (including phenoxy) is 3. The van der Waals surface area contributed by atoms with Crippen molar-refractivity contribution < 1.29 is 28.6 Å². The van der Waals surface area contributed by atoms with Gasteiger partial charge in [0.05, 0.1) is 0 Å². The summed E-state index contributed by atoms with van der Waals surface area (Å²) in [6, 6.07) is 0. The summed E-state index contributed by atoms with van der Waals surface area (Å²) in [5, 5.41) is 0. The second-order valence-corrected chi connectivity index (χ2v) is 19.6. The van der Waals surface area contributed by atoms with Crippen LogP contribution in [0.3, 0.4) is 0 Å². The van der Waals surface area contributed by atoms with Gasteiger partial charge in [0.1, 0.15) is 13.2 Å². The molecule has 0 saturated carbocycles. The first-order valence-electron chi connectivity index (χ1n) is 28.7. The van der Waals surface area contributed by atoms with Crippen LogP contribution in [0.5, 0.6) is 0 Å². The van der Waals surface area contributed by atoms with E-state index in [9.17, 15) is 14.4 Å². The molecule has 0 aromatic heterocycles. The van der Waals surface area contributed by atoms with Crippen LogP contribution in [0.25, 0.3) is 0 Å². The molecule has 6 heteroatoms. The lowest BCUT2D eigenvalue weighted by molar-refractivity contribution is -0.167. The Labute approximate surface area is 399 Å². The molecule has 0 aliphatic heterocycles. The summed E-state index contributed by atoms with van der Waals surface area (Å²) in [5.41, 5.74) is 0. The van der Waals surface area contributed by atoms with Crippen LogP contribution in [0.15, 0.2) is 12.2 Å². The Bertz CT molecular complexity index is 993. The second-order valence-electron chi connectivity index (χ2n) is 19.6. The predicted molar refractivity (Wildman–Crippen MR) is 275 cm³/mol. The van der Waals surface area contributed by atoms with Gasteiger partial charge in [-0.25, -0.2) is 0 Å². The Morgan fingerprint density at radius 2 is 0.547 bits per heavy atom.